The van der Waals surface area contributed by atoms with Crippen LogP contribution in [-0.4, -0.2) is 37.1 Å². The highest BCUT2D eigenvalue weighted by Gasteiger charge is 2.29. The Morgan fingerprint density at radius 3 is 2.70 bits per heavy atom. The number of nitrogens with two attached hydrogens (primary N) is 1. The van der Waals surface area contributed by atoms with E-state index in [0.29, 0.717) is 18.7 Å². The second-order valence-corrected chi connectivity index (χ2v) is 5.67. The van der Waals surface area contributed by atoms with Crippen LogP contribution in [-0.2, 0) is 16.0 Å². The van der Waals surface area contributed by atoms with E-state index in [4.69, 9.17) is 5.73 Å². The number of rotatable bonds is 6. The van der Waals surface area contributed by atoms with E-state index >= 15 is 0 Å². The summed E-state index contributed by atoms with van der Waals surface area (Å²) in [7, 11) is 1.32. The third kappa shape index (κ3) is 5.07. The molecule has 1 aromatic heterocycles. The number of aromatic nitrogens is 1. The number of amides is 1. The lowest BCUT2D eigenvalue weighted by atomic mass is 9.94. The Morgan fingerprint density at radius 1 is 1.50 bits per heavy atom. The van der Waals surface area contributed by atoms with Crippen molar-refractivity contribution in [2.24, 2.45) is 11.1 Å². The number of halogens is 1. The van der Waals surface area contributed by atoms with Gasteiger partial charge in [0.15, 0.2) is 0 Å². The van der Waals surface area contributed by atoms with Crippen LogP contribution in [0.1, 0.15) is 29.3 Å². The Hall–Kier alpha value is -1.18. The summed E-state index contributed by atoms with van der Waals surface area (Å²) in [6.07, 6.45) is 0.658. The fourth-order valence-corrected chi connectivity index (χ4v) is 2.19. The van der Waals surface area contributed by atoms with Crippen molar-refractivity contribution >= 4 is 35.6 Å². The normalized spacial score (nSPS) is 10.6. The Bertz CT molecular complexity index is 463. The molecule has 0 aromatic carbocycles. The molecule has 1 amide bonds. The van der Waals surface area contributed by atoms with Gasteiger partial charge < -0.3 is 15.8 Å². The number of carbonyl (C=O) groups is 2. The minimum absolute atomic E-state index is 0. The highest BCUT2D eigenvalue weighted by atomic mass is 35.5. The van der Waals surface area contributed by atoms with E-state index in [1.165, 1.54) is 18.4 Å². The maximum Gasteiger partial charge on any atom is 0.313 e. The van der Waals surface area contributed by atoms with E-state index in [1.807, 2.05) is 0 Å². The second-order valence-electron chi connectivity index (χ2n) is 4.72. The molecule has 6 nitrogen and oxygen atoms in total. The number of methoxy groups -OCH3 is 1. The monoisotopic (exact) mass is 321 g/mol. The van der Waals surface area contributed by atoms with E-state index < -0.39 is 5.41 Å². The largest absolute Gasteiger partial charge is 0.469 e. The van der Waals surface area contributed by atoms with Gasteiger partial charge in [-0.2, -0.15) is 0 Å². The Labute approximate surface area is 128 Å². The number of nitrogens with zero attached hydrogens (tertiary/aromatic N) is 1. The predicted molar refractivity (Wildman–Crippen MR) is 80.3 cm³/mol. The molecule has 8 heteroatoms. The average Bonchev–Trinajstić information content (AvgIpc) is 2.84. The smallest absolute Gasteiger partial charge is 0.313 e. The molecular formula is C12H20ClN3O3S. The van der Waals surface area contributed by atoms with Gasteiger partial charge in [-0.3, -0.25) is 9.59 Å². The van der Waals surface area contributed by atoms with Crippen molar-refractivity contribution < 1.29 is 14.3 Å². The number of thiazole rings is 1. The third-order valence-corrected chi connectivity index (χ3v) is 3.48. The van der Waals surface area contributed by atoms with Crippen LogP contribution in [0.15, 0.2) is 5.38 Å². The van der Waals surface area contributed by atoms with E-state index in [-0.39, 0.29) is 30.8 Å². The lowest BCUT2D eigenvalue weighted by molar-refractivity contribution is -0.150. The number of ether oxygens (including phenoxy) is 1. The first-order valence-electron chi connectivity index (χ1n) is 5.92. The Kier molecular flexibility index (Phi) is 7.70. The van der Waals surface area contributed by atoms with Gasteiger partial charge in [0.2, 0.25) is 0 Å². The second kappa shape index (κ2) is 8.18. The van der Waals surface area contributed by atoms with Gasteiger partial charge in [-0.1, -0.05) is 0 Å². The standard InChI is InChI=1S/C12H19N3O3S.ClH/c1-12(2,11(17)18-3)7-14-10(16)8-6-19-9(15-8)4-5-13;/h6H,4-5,7,13H2,1-3H3,(H,14,16);1H. The zero-order chi connectivity index (χ0) is 14.5. The molecule has 1 heterocycles. The van der Waals surface area contributed by atoms with Crippen molar-refractivity contribution in [3.05, 3.63) is 16.1 Å². The van der Waals surface area contributed by atoms with E-state index in [9.17, 15) is 9.59 Å². The fraction of sp³-hybridized carbons (Fsp3) is 0.583. The van der Waals surface area contributed by atoms with Crippen LogP contribution in [0, 0.1) is 5.41 Å². The molecule has 0 radical (unpaired) electrons. The minimum atomic E-state index is -0.763. The summed E-state index contributed by atoms with van der Waals surface area (Å²) in [4.78, 5) is 27.5. The summed E-state index contributed by atoms with van der Waals surface area (Å²) in [5.41, 5.74) is 5.02. The van der Waals surface area contributed by atoms with Crippen molar-refractivity contribution in [1.29, 1.82) is 0 Å². The Balaban J connectivity index is 0.00000361. The molecule has 1 rings (SSSR count). The van der Waals surface area contributed by atoms with Gasteiger partial charge in [0.25, 0.3) is 5.91 Å². The summed E-state index contributed by atoms with van der Waals surface area (Å²) < 4.78 is 4.67. The number of esters is 1. The third-order valence-electron chi connectivity index (χ3n) is 2.57. The van der Waals surface area contributed by atoms with Gasteiger partial charge >= 0.3 is 5.97 Å². The van der Waals surface area contributed by atoms with Crippen molar-refractivity contribution in [3.8, 4) is 0 Å². The van der Waals surface area contributed by atoms with E-state index in [0.717, 1.165) is 5.01 Å². The highest BCUT2D eigenvalue weighted by molar-refractivity contribution is 7.09. The number of hydrogen-bond donors (Lipinski definition) is 2. The van der Waals surface area contributed by atoms with Gasteiger partial charge in [0.05, 0.1) is 17.5 Å². The molecule has 1 aromatic rings. The Morgan fingerprint density at radius 2 is 2.15 bits per heavy atom. The van der Waals surface area contributed by atoms with E-state index in [1.54, 1.807) is 19.2 Å². The van der Waals surface area contributed by atoms with Crippen molar-refractivity contribution in [2.75, 3.05) is 20.2 Å². The quantitative estimate of drug-likeness (QED) is 0.762. The topological polar surface area (TPSA) is 94.3 Å². The van der Waals surface area contributed by atoms with Gasteiger partial charge in [-0.05, 0) is 20.4 Å². The van der Waals surface area contributed by atoms with Crippen LogP contribution in [0.3, 0.4) is 0 Å². The summed E-state index contributed by atoms with van der Waals surface area (Å²) in [6, 6.07) is 0. The fourth-order valence-electron chi connectivity index (χ4n) is 1.39. The first kappa shape index (κ1) is 18.8. The molecule has 0 unspecified atom stereocenters. The maximum absolute atomic E-state index is 11.9. The lowest BCUT2D eigenvalue weighted by Gasteiger charge is -2.21. The van der Waals surface area contributed by atoms with Crippen LogP contribution >= 0.6 is 23.7 Å². The first-order chi connectivity index (χ1) is 8.90. The highest BCUT2D eigenvalue weighted by Crippen LogP contribution is 2.16. The van der Waals surface area contributed by atoms with Gasteiger partial charge in [0.1, 0.15) is 5.69 Å². The number of nitrogens with one attached hydrogen (secondary N) is 1. The minimum Gasteiger partial charge on any atom is -0.469 e. The van der Waals surface area contributed by atoms with Gasteiger partial charge in [0, 0.05) is 18.3 Å². The molecule has 3 N–H and O–H groups in total. The molecule has 0 aliphatic heterocycles. The van der Waals surface area contributed by atoms with Crippen LogP contribution in [0.2, 0.25) is 0 Å². The van der Waals surface area contributed by atoms with Crippen LogP contribution in [0.5, 0.6) is 0 Å². The molecule has 0 bridgehead atoms. The molecule has 0 aliphatic carbocycles. The lowest BCUT2D eigenvalue weighted by Crippen LogP contribution is -2.39. The zero-order valence-corrected chi connectivity index (χ0v) is 13.4. The van der Waals surface area contributed by atoms with Crippen molar-refractivity contribution in [3.63, 3.8) is 0 Å². The number of hydrogen-bond acceptors (Lipinski definition) is 6. The van der Waals surface area contributed by atoms with Crippen molar-refractivity contribution in [1.82, 2.24) is 10.3 Å². The molecule has 0 fully saturated rings. The molecule has 0 saturated carbocycles. The van der Waals surface area contributed by atoms with Gasteiger partial charge in [-0.25, -0.2) is 4.98 Å². The van der Waals surface area contributed by atoms with Crippen LogP contribution in [0.4, 0.5) is 0 Å². The molecule has 114 valence electrons. The van der Waals surface area contributed by atoms with Gasteiger partial charge in [-0.15, -0.1) is 23.7 Å². The summed E-state index contributed by atoms with van der Waals surface area (Å²) in [5.74, 6) is -0.661. The molecule has 0 atom stereocenters. The zero-order valence-electron chi connectivity index (χ0n) is 11.8. The summed E-state index contributed by atoms with van der Waals surface area (Å²) in [5, 5.41) is 5.20. The van der Waals surface area contributed by atoms with Crippen molar-refractivity contribution in [2.45, 2.75) is 20.3 Å². The average molecular weight is 322 g/mol. The molecule has 0 saturated heterocycles. The predicted octanol–water partition coefficient (Wildman–Crippen LogP) is 0.995. The maximum atomic E-state index is 11.9. The van der Waals surface area contributed by atoms with E-state index in [2.05, 4.69) is 15.0 Å². The number of carbonyl (C=O) groups excluding carboxylic acids is 2. The molecule has 0 spiro atoms. The molecule has 0 aliphatic rings. The molecule has 20 heavy (non-hydrogen) atoms. The summed E-state index contributed by atoms with van der Waals surface area (Å²) in [6.45, 7) is 4.12. The summed E-state index contributed by atoms with van der Waals surface area (Å²) >= 11 is 1.40. The SMILES string of the molecule is COC(=O)C(C)(C)CNC(=O)c1csc(CCN)n1.Cl. The van der Waals surface area contributed by atoms with Crippen LogP contribution in [0.25, 0.3) is 0 Å². The van der Waals surface area contributed by atoms with Crippen LogP contribution < -0.4 is 11.1 Å². The molecular weight excluding hydrogens is 302 g/mol. The first-order valence-corrected chi connectivity index (χ1v) is 6.79.